The van der Waals surface area contributed by atoms with Gasteiger partial charge in [0.1, 0.15) is 6.61 Å². The summed E-state index contributed by atoms with van der Waals surface area (Å²) >= 11 is 0. The van der Waals surface area contributed by atoms with Crippen molar-refractivity contribution >= 4 is 5.91 Å². The van der Waals surface area contributed by atoms with E-state index >= 15 is 0 Å². The van der Waals surface area contributed by atoms with Gasteiger partial charge in [0.2, 0.25) is 5.91 Å². The van der Waals surface area contributed by atoms with E-state index in [1.54, 1.807) is 0 Å². The minimum absolute atomic E-state index is 0.0600. The maximum atomic E-state index is 11.9. The Morgan fingerprint density at radius 3 is 2.25 bits per heavy atom. The normalized spacial score (nSPS) is 12.2. The average Bonchev–Trinajstić information content (AvgIpc) is 2.26. The van der Waals surface area contributed by atoms with E-state index in [1.165, 1.54) is 0 Å². The number of hydrogen-bond acceptors (Lipinski definition) is 2. The van der Waals surface area contributed by atoms with Crippen molar-refractivity contribution in [3.8, 4) is 0 Å². The van der Waals surface area contributed by atoms with Gasteiger partial charge in [-0.15, -0.1) is 0 Å². The van der Waals surface area contributed by atoms with E-state index < -0.39 is 0 Å². The molecule has 0 aliphatic carbocycles. The number of nitrogens with one attached hydrogen (secondary N) is 1. The zero-order valence-electron chi connectivity index (χ0n) is 13.3. The predicted molar refractivity (Wildman–Crippen MR) is 82.4 cm³/mol. The van der Waals surface area contributed by atoms with Gasteiger partial charge in [-0.2, -0.15) is 0 Å². The first kappa shape index (κ1) is 16.7. The monoisotopic (exact) mass is 277 g/mol. The molecule has 1 aromatic rings. The second kappa shape index (κ2) is 6.89. The molecule has 112 valence electrons. The minimum atomic E-state index is -0.217. The second-order valence-corrected chi connectivity index (χ2v) is 7.15. The van der Waals surface area contributed by atoms with Crippen molar-refractivity contribution in [1.29, 1.82) is 0 Å². The Kier molecular flexibility index (Phi) is 5.75. The fourth-order valence-electron chi connectivity index (χ4n) is 2.62. The van der Waals surface area contributed by atoms with E-state index in [9.17, 15) is 4.79 Å². The first-order chi connectivity index (χ1) is 9.18. The topological polar surface area (TPSA) is 38.3 Å². The highest BCUT2D eigenvalue weighted by atomic mass is 16.5. The van der Waals surface area contributed by atoms with Gasteiger partial charge in [0.15, 0.2) is 0 Å². The molecule has 1 aromatic carbocycles. The summed E-state index contributed by atoms with van der Waals surface area (Å²) < 4.78 is 5.45. The summed E-state index contributed by atoms with van der Waals surface area (Å²) in [6.07, 6.45) is 0.921. The minimum Gasteiger partial charge on any atom is -0.367 e. The van der Waals surface area contributed by atoms with Gasteiger partial charge in [0, 0.05) is 5.54 Å². The molecule has 0 aliphatic rings. The van der Waals surface area contributed by atoms with Crippen LogP contribution in [0.2, 0.25) is 0 Å². The smallest absolute Gasteiger partial charge is 0.246 e. The molecule has 0 fully saturated rings. The Morgan fingerprint density at radius 1 is 1.10 bits per heavy atom. The van der Waals surface area contributed by atoms with Crippen LogP contribution in [0.25, 0.3) is 0 Å². The maximum Gasteiger partial charge on any atom is 0.246 e. The first-order valence-corrected chi connectivity index (χ1v) is 7.11. The molecule has 0 aliphatic heterocycles. The molecule has 0 saturated heterocycles. The summed E-state index contributed by atoms with van der Waals surface area (Å²) in [4.78, 5) is 11.9. The molecule has 1 rings (SSSR count). The van der Waals surface area contributed by atoms with Gasteiger partial charge in [-0.3, -0.25) is 4.79 Å². The third-order valence-corrected chi connectivity index (χ3v) is 2.79. The van der Waals surface area contributed by atoms with Crippen molar-refractivity contribution in [3.63, 3.8) is 0 Å². The zero-order valence-corrected chi connectivity index (χ0v) is 13.3. The van der Waals surface area contributed by atoms with Crippen LogP contribution in [0.15, 0.2) is 30.3 Å². The van der Waals surface area contributed by atoms with E-state index in [1.807, 2.05) is 44.2 Å². The standard InChI is InChI=1S/C17H27NO2/c1-16(2,3)13-17(4,5)18-15(19)12-20-11-14-9-7-6-8-10-14/h6-10H,11-13H2,1-5H3,(H,18,19). The van der Waals surface area contributed by atoms with Gasteiger partial charge in [0.05, 0.1) is 6.61 Å². The molecule has 0 aromatic heterocycles. The van der Waals surface area contributed by atoms with Gasteiger partial charge < -0.3 is 10.1 Å². The summed E-state index contributed by atoms with van der Waals surface area (Å²) in [5.41, 5.74) is 1.04. The highest BCUT2D eigenvalue weighted by molar-refractivity contribution is 5.77. The van der Waals surface area contributed by atoms with Crippen LogP contribution >= 0.6 is 0 Å². The predicted octanol–water partition coefficient (Wildman–Crippen LogP) is 3.53. The van der Waals surface area contributed by atoms with Crippen molar-refractivity contribution in [3.05, 3.63) is 35.9 Å². The highest BCUT2D eigenvalue weighted by Crippen LogP contribution is 2.26. The lowest BCUT2D eigenvalue weighted by Crippen LogP contribution is -2.47. The van der Waals surface area contributed by atoms with Crippen LogP contribution in [-0.4, -0.2) is 18.1 Å². The number of ether oxygens (including phenoxy) is 1. The van der Waals surface area contributed by atoms with Gasteiger partial charge in [-0.1, -0.05) is 51.1 Å². The van der Waals surface area contributed by atoms with Crippen LogP contribution in [0.5, 0.6) is 0 Å². The summed E-state index contributed by atoms with van der Waals surface area (Å²) in [5.74, 6) is -0.0600. The number of carbonyl (C=O) groups excluding carboxylic acids is 1. The molecule has 0 radical (unpaired) electrons. The fraction of sp³-hybridized carbons (Fsp3) is 0.588. The van der Waals surface area contributed by atoms with Crippen molar-refractivity contribution in [1.82, 2.24) is 5.32 Å². The third kappa shape index (κ3) is 7.29. The van der Waals surface area contributed by atoms with Gasteiger partial charge in [-0.05, 0) is 31.2 Å². The molecular weight excluding hydrogens is 250 g/mol. The Balaban J connectivity index is 2.33. The molecule has 20 heavy (non-hydrogen) atoms. The Hall–Kier alpha value is -1.35. The molecule has 0 spiro atoms. The van der Waals surface area contributed by atoms with Crippen LogP contribution in [0, 0.1) is 5.41 Å². The number of rotatable bonds is 6. The SMILES string of the molecule is CC(C)(C)CC(C)(C)NC(=O)COCc1ccccc1. The molecule has 3 heteroatoms. The number of benzene rings is 1. The molecule has 1 amide bonds. The quantitative estimate of drug-likeness (QED) is 0.863. The maximum absolute atomic E-state index is 11.9. The molecule has 1 N–H and O–H groups in total. The molecule has 0 heterocycles. The summed E-state index contributed by atoms with van der Waals surface area (Å²) in [6, 6.07) is 9.87. The molecule has 3 nitrogen and oxygen atoms in total. The highest BCUT2D eigenvalue weighted by Gasteiger charge is 2.26. The second-order valence-electron chi connectivity index (χ2n) is 7.15. The van der Waals surface area contributed by atoms with E-state index in [4.69, 9.17) is 4.74 Å². The molecule has 0 bridgehead atoms. The fourth-order valence-corrected chi connectivity index (χ4v) is 2.62. The van der Waals surface area contributed by atoms with Crippen LogP contribution in [0.1, 0.15) is 46.6 Å². The Morgan fingerprint density at radius 2 is 1.70 bits per heavy atom. The van der Waals surface area contributed by atoms with Gasteiger partial charge in [-0.25, -0.2) is 0 Å². The molecule has 0 atom stereocenters. The van der Waals surface area contributed by atoms with Gasteiger partial charge >= 0.3 is 0 Å². The van der Waals surface area contributed by atoms with E-state index in [0.29, 0.717) is 6.61 Å². The van der Waals surface area contributed by atoms with E-state index in [0.717, 1.165) is 12.0 Å². The first-order valence-electron chi connectivity index (χ1n) is 7.11. The van der Waals surface area contributed by atoms with Gasteiger partial charge in [0.25, 0.3) is 0 Å². The molecular formula is C17H27NO2. The average molecular weight is 277 g/mol. The van der Waals surface area contributed by atoms with E-state index in [-0.39, 0.29) is 23.5 Å². The lowest BCUT2D eigenvalue weighted by Gasteiger charge is -2.33. The molecule has 0 unspecified atom stereocenters. The van der Waals surface area contributed by atoms with Crippen LogP contribution in [-0.2, 0) is 16.1 Å². The van der Waals surface area contributed by atoms with Crippen molar-refractivity contribution in [2.45, 2.75) is 53.2 Å². The van der Waals surface area contributed by atoms with Crippen LogP contribution in [0.4, 0.5) is 0 Å². The van der Waals surface area contributed by atoms with E-state index in [2.05, 4.69) is 26.1 Å². The largest absolute Gasteiger partial charge is 0.367 e. The van der Waals surface area contributed by atoms with Crippen LogP contribution < -0.4 is 5.32 Å². The summed E-state index contributed by atoms with van der Waals surface area (Å²) in [6.45, 7) is 11.2. The lowest BCUT2D eigenvalue weighted by molar-refractivity contribution is -0.128. The number of carbonyl (C=O) groups is 1. The Bertz CT molecular complexity index is 418. The van der Waals surface area contributed by atoms with Crippen LogP contribution in [0.3, 0.4) is 0 Å². The zero-order chi connectivity index (χ0) is 15.2. The molecule has 0 saturated carbocycles. The van der Waals surface area contributed by atoms with Crippen molar-refractivity contribution in [2.24, 2.45) is 5.41 Å². The number of amides is 1. The third-order valence-electron chi connectivity index (χ3n) is 2.79. The summed E-state index contributed by atoms with van der Waals surface area (Å²) in [5, 5.41) is 3.04. The summed E-state index contributed by atoms with van der Waals surface area (Å²) in [7, 11) is 0. The Labute approximate surface area is 122 Å². The number of hydrogen-bond donors (Lipinski definition) is 1. The lowest BCUT2D eigenvalue weighted by atomic mass is 9.82. The van der Waals surface area contributed by atoms with Crippen molar-refractivity contribution < 1.29 is 9.53 Å². The van der Waals surface area contributed by atoms with Crippen molar-refractivity contribution in [2.75, 3.05) is 6.61 Å².